The molecule has 0 atom stereocenters. The molecule has 0 saturated heterocycles. The summed E-state index contributed by atoms with van der Waals surface area (Å²) in [5, 5.41) is 0. The monoisotopic (exact) mass is 306 g/mol. The first-order valence-corrected chi connectivity index (χ1v) is 8.56. The van der Waals surface area contributed by atoms with Gasteiger partial charge in [-0.3, -0.25) is 0 Å². The summed E-state index contributed by atoms with van der Waals surface area (Å²) < 4.78 is 11.4. The summed E-state index contributed by atoms with van der Waals surface area (Å²) in [6.07, 6.45) is 9.79. The van der Waals surface area contributed by atoms with Crippen LogP contribution in [0.1, 0.15) is 44.1 Å². The minimum absolute atomic E-state index is 0.624. The van der Waals surface area contributed by atoms with E-state index in [1.165, 1.54) is 43.2 Å². The average molecular weight is 307 g/mol. The lowest BCUT2D eigenvalue weighted by Gasteiger charge is -2.23. The van der Waals surface area contributed by atoms with Gasteiger partial charge in [0.05, 0.1) is 13.2 Å². The highest BCUT2D eigenvalue weighted by molar-refractivity contribution is 6.19. The van der Waals surface area contributed by atoms with Gasteiger partial charge < -0.3 is 9.47 Å². The summed E-state index contributed by atoms with van der Waals surface area (Å²) in [4.78, 5) is 0. The number of fused-ring (bicyclic) bond motifs is 1. The van der Waals surface area contributed by atoms with Gasteiger partial charge >= 0.3 is 0 Å². The van der Waals surface area contributed by atoms with Crippen LogP contribution >= 0.6 is 11.6 Å². The summed E-state index contributed by atoms with van der Waals surface area (Å²) >= 11 is 6.20. The number of benzene rings is 1. The molecule has 1 aliphatic heterocycles. The maximum absolute atomic E-state index is 6.20. The van der Waals surface area contributed by atoms with Crippen LogP contribution in [0.4, 0.5) is 0 Å². The van der Waals surface area contributed by atoms with Crippen molar-refractivity contribution in [3.05, 3.63) is 29.3 Å². The minimum atomic E-state index is 0.624. The minimum Gasteiger partial charge on any atom is -0.490 e. The third-order valence-corrected chi connectivity index (χ3v) is 4.72. The smallest absolute Gasteiger partial charge is 0.161 e. The number of hydrogen-bond donors (Lipinski definition) is 0. The summed E-state index contributed by atoms with van der Waals surface area (Å²) in [7, 11) is 0. The first-order chi connectivity index (χ1) is 10.4. The molecule has 1 aromatic rings. The molecule has 0 bridgehead atoms. The Morgan fingerprint density at radius 3 is 2.57 bits per heavy atom. The van der Waals surface area contributed by atoms with E-state index >= 15 is 0 Å². The normalized spacial score (nSPS) is 20.1. The molecule has 2 aliphatic rings. The number of rotatable bonds is 3. The van der Waals surface area contributed by atoms with Crippen LogP contribution in [0.5, 0.6) is 11.5 Å². The Hall–Kier alpha value is -1.15. The van der Waals surface area contributed by atoms with Crippen molar-refractivity contribution in [3.8, 4) is 11.5 Å². The van der Waals surface area contributed by atoms with Crippen LogP contribution in [0.15, 0.2) is 23.8 Å². The third kappa shape index (κ3) is 3.74. The van der Waals surface area contributed by atoms with E-state index in [0.29, 0.717) is 11.8 Å². The number of ether oxygens (including phenoxy) is 2. The van der Waals surface area contributed by atoms with Gasteiger partial charge in [-0.2, -0.15) is 0 Å². The van der Waals surface area contributed by atoms with E-state index < -0.39 is 0 Å². The van der Waals surface area contributed by atoms with E-state index in [4.69, 9.17) is 21.1 Å². The average Bonchev–Trinajstić information content (AvgIpc) is 2.78. The molecule has 0 aromatic heterocycles. The van der Waals surface area contributed by atoms with E-state index in [2.05, 4.69) is 18.2 Å². The SMILES string of the molecule is ClC/C(=C/c1ccc2c(c1)OCCCO2)C1CCCCC1. The summed E-state index contributed by atoms with van der Waals surface area (Å²) in [5.41, 5.74) is 2.53. The van der Waals surface area contributed by atoms with E-state index in [1.54, 1.807) is 0 Å². The fourth-order valence-corrected chi connectivity index (χ4v) is 3.52. The zero-order valence-electron chi connectivity index (χ0n) is 12.4. The van der Waals surface area contributed by atoms with Crippen LogP contribution < -0.4 is 9.47 Å². The Morgan fingerprint density at radius 1 is 1.05 bits per heavy atom. The molecule has 1 aliphatic carbocycles. The molecule has 114 valence electrons. The van der Waals surface area contributed by atoms with Gasteiger partial charge in [-0.25, -0.2) is 0 Å². The fraction of sp³-hybridized carbons (Fsp3) is 0.556. The van der Waals surface area contributed by atoms with E-state index in [0.717, 1.165) is 31.1 Å². The van der Waals surface area contributed by atoms with Crippen molar-refractivity contribution in [1.82, 2.24) is 0 Å². The summed E-state index contributed by atoms with van der Waals surface area (Å²) in [5.74, 6) is 3.00. The standard InChI is InChI=1S/C18H23ClO2/c19-13-16(15-5-2-1-3-6-15)11-14-7-8-17-18(12-14)21-10-4-9-20-17/h7-8,11-12,15H,1-6,9-10,13H2/b16-11-. The molecule has 0 N–H and O–H groups in total. The topological polar surface area (TPSA) is 18.5 Å². The molecular weight excluding hydrogens is 284 g/mol. The Bertz CT molecular complexity index is 504. The van der Waals surface area contributed by atoms with Gasteiger partial charge in [-0.05, 0) is 36.5 Å². The molecule has 21 heavy (non-hydrogen) atoms. The molecular formula is C18H23ClO2. The summed E-state index contributed by atoms with van der Waals surface area (Å²) in [6.45, 7) is 1.46. The zero-order valence-corrected chi connectivity index (χ0v) is 13.2. The molecule has 3 rings (SSSR count). The van der Waals surface area contributed by atoms with Crippen molar-refractivity contribution >= 4 is 17.7 Å². The van der Waals surface area contributed by atoms with Crippen molar-refractivity contribution in [1.29, 1.82) is 0 Å². The largest absolute Gasteiger partial charge is 0.490 e. The van der Waals surface area contributed by atoms with Gasteiger partial charge in [0.1, 0.15) is 0 Å². The van der Waals surface area contributed by atoms with Crippen LogP contribution in [0, 0.1) is 5.92 Å². The lowest BCUT2D eigenvalue weighted by molar-refractivity contribution is 0.297. The third-order valence-electron chi connectivity index (χ3n) is 4.41. The fourth-order valence-electron chi connectivity index (χ4n) is 3.22. The van der Waals surface area contributed by atoms with Gasteiger partial charge in [0, 0.05) is 12.3 Å². The van der Waals surface area contributed by atoms with Crippen LogP contribution in [0.2, 0.25) is 0 Å². The van der Waals surface area contributed by atoms with Gasteiger partial charge in [0.25, 0.3) is 0 Å². The molecule has 0 radical (unpaired) electrons. The van der Waals surface area contributed by atoms with E-state index in [9.17, 15) is 0 Å². The van der Waals surface area contributed by atoms with Crippen molar-refractivity contribution in [2.75, 3.05) is 19.1 Å². The van der Waals surface area contributed by atoms with E-state index in [1.807, 2.05) is 6.07 Å². The Labute approximate surface area is 132 Å². The van der Waals surface area contributed by atoms with Crippen LogP contribution in [0.3, 0.4) is 0 Å². The number of halogens is 1. The number of hydrogen-bond acceptors (Lipinski definition) is 2. The molecule has 1 aromatic carbocycles. The number of allylic oxidation sites excluding steroid dienone is 1. The predicted molar refractivity (Wildman–Crippen MR) is 87.3 cm³/mol. The predicted octanol–water partition coefficient (Wildman–Crippen LogP) is 5.05. The van der Waals surface area contributed by atoms with Gasteiger partial charge in [-0.15, -0.1) is 11.6 Å². The molecule has 0 amide bonds. The lowest BCUT2D eigenvalue weighted by atomic mass is 9.83. The van der Waals surface area contributed by atoms with E-state index in [-0.39, 0.29) is 0 Å². The maximum Gasteiger partial charge on any atom is 0.161 e. The van der Waals surface area contributed by atoms with Crippen LogP contribution in [-0.4, -0.2) is 19.1 Å². The quantitative estimate of drug-likeness (QED) is 0.727. The second-order valence-corrected chi connectivity index (χ2v) is 6.21. The molecule has 1 heterocycles. The second-order valence-electron chi connectivity index (χ2n) is 5.94. The first-order valence-electron chi connectivity index (χ1n) is 8.03. The Kier molecular flexibility index (Phi) is 5.08. The van der Waals surface area contributed by atoms with Crippen molar-refractivity contribution in [2.24, 2.45) is 5.92 Å². The molecule has 0 spiro atoms. The molecule has 1 fully saturated rings. The second kappa shape index (κ2) is 7.22. The maximum atomic E-state index is 6.20. The number of alkyl halides is 1. The lowest BCUT2D eigenvalue weighted by Crippen LogP contribution is -2.10. The Morgan fingerprint density at radius 2 is 1.81 bits per heavy atom. The zero-order chi connectivity index (χ0) is 14.5. The van der Waals surface area contributed by atoms with Crippen molar-refractivity contribution in [3.63, 3.8) is 0 Å². The van der Waals surface area contributed by atoms with Gasteiger partial charge in [0.2, 0.25) is 0 Å². The van der Waals surface area contributed by atoms with Gasteiger partial charge in [-0.1, -0.05) is 37.0 Å². The molecule has 3 heteroatoms. The van der Waals surface area contributed by atoms with Crippen LogP contribution in [-0.2, 0) is 0 Å². The Balaban J connectivity index is 1.81. The molecule has 1 saturated carbocycles. The molecule has 2 nitrogen and oxygen atoms in total. The van der Waals surface area contributed by atoms with Gasteiger partial charge in [0.15, 0.2) is 11.5 Å². The van der Waals surface area contributed by atoms with Crippen molar-refractivity contribution in [2.45, 2.75) is 38.5 Å². The first kappa shape index (κ1) is 14.8. The van der Waals surface area contributed by atoms with Crippen LogP contribution in [0.25, 0.3) is 6.08 Å². The molecule has 0 unspecified atom stereocenters. The highest BCUT2D eigenvalue weighted by Gasteiger charge is 2.17. The highest BCUT2D eigenvalue weighted by Crippen LogP contribution is 2.34. The highest BCUT2D eigenvalue weighted by atomic mass is 35.5. The van der Waals surface area contributed by atoms with Crippen molar-refractivity contribution < 1.29 is 9.47 Å². The summed E-state index contributed by atoms with van der Waals surface area (Å²) in [6, 6.07) is 6.19.